The van der Waals surface area contributed by atoms with Crippen molar-refractivity contribution in [1.82, 2.24) is 20.0 Å². The summed E-state index contributed by atoms with van der Waals surface area (Å²) in [5.74, 6) is 1.37. The zero-order valence-corrected chi connectivity index (χ0v) is 18.6. The van der Waals surface area contributed by atoms with E-state index < -0.39 is 0 Å². The molecule has 1 aromatic carbocycles. The van der Waals surface area contributed by atoms with Crippen LogP contribution in [0.25, 0.3) is 11.3 Å². The largest absolute Gasteiger partial charge is 0.356 e. The molecule has 0 bridgehead atoms. The normalized spacial score (nSPS) is 16.4. The van der Waals surface area contributed by atoms with E-state index in [0.717, 1.165) is 48.3 Å². The molecule has 7 nitrogen and oxygen atoms in total. The van der Waals surface area contributed by atoms with Crippen molar-refractivity contribution < 1.29 is 9.32 Å². The van der Waals surface area contributed by atoms with Gasteiger partial charge in [0.1, 0.15) is 0 Å². The van der Waals surface area contributed by atoms with E-state index in [1.165, 1.54) is 5.56 Å². The predicted octanol–water partition coefficient (Wildman–Crippen LogP) is 4.11. The molecule has 2 aromatic heterocycles. The third-order valence-corrected chi connectivity index (χ3v) is 5.71. The summed E-state index contributed by atoms with van der Waals surface area (Å²) in [5.41, 5.74) is 4.64. The number of carbonyl (C=O) groups excluding carboxylic acids is 1. The Morgan fingerprint density at radius 3 is 2.65 bits per heavy atom. The lowest BCUT2D eigenvalue weighted by Crippen LogP contribution is -2.40. The highest BCUT2D eigenvalue weighted by Crippen LogP contribution is 2.37. The molecule has 1 atom stereocenters. The van der Waals surface area contributed by atoms with Gasteiger partial charge in [-0.2, -0.15) is 0 Å². The molecule has 1 saturated heterocycles. The molecule has 1 aliphatic heterocycles. The number of aromatic nitrogens is 3. The van der Waals surface area contributed by atoms with Crippen molar-refractivity contribution in [2.75, 3.05) is 25.5 Å². The first-order chi connectivity index (χ1) is 14.9. The van der Waals surface area contributed by atoms with Gasteiger partial charge in [0.15, 0.2) is 5.76 Å². The van der Waals surface area contributed by atoms with Crippen molar-refractivity contribution in [2.45, 2.75) is 45.6 Å². The van der Waals surface area contributed by atoms with Gasteiger partial charge in [-0.1, -0.05) is 35.0 Å². The Labute approximate surface area is 183 Å². The van der Waals surface area contributed by atoms with Crippen LogP contribution in [-0.2, 0) is 11.2 Å². The second-order valence-electron chi connectivity index (χ2n) is 8.46. The molecule has 0 N–H and O–H groups in total. The Morgan fingerprint density at radius 1 is 1.19 bits per heavy atom. The average Bonchev–Trinajstić information content (AvgIpc) is 3.21. The summed E-state index contributed by atoms with van der Waals surface area (Å²) in [5, 5.41) is 4.03. The number of hydrogen-bond acceptors (Lipinski definition) is 6. The van der Waals surface area contributed by atoms with Crippen LogP contribution in [0.15, 0.2) is 41.1 Å². The van der Waals surface area contributed by atoms with Gasteiger partial charge >= 0.3 is 0 Å². The van der Waals surface area contributed by atoms with Crippen LogP contribution in [0, 0.1) is 13.8 Å². The number of benzene rings is 1. The fourth-order valence-electron chi connectivity index (χ4n) is 4.03. The smallest absolute Gasteiger partial charge is 0.227 e. The average molecular weight is 420 g/mol. The standard InChI is InChI=1S/C24H29N5O2/c1-16-8-10-18(11-9-16)14-22(30)29-12-6-5-7-20(29)23-19(21-13-17(2)27-31-21)15-25-24(26-23)28(3)4/h8-11,13,15,20H,5-7,12,14H2,1-4H3/t20-/m1/s1. The van der Waals surface area contributed by atoms with Gasteiger partial charge in [0.05, 0.1) is 29.4 Å². The Morgan fingerprint density at radius 2 is 1.97 bits per heavy atom. The third kappa shape index (κ3) is 4.60. The van der Waals surface area contributed by atoms with Crippen LogP contribution in [0.1, 0.15) is 47.8 Å². The molecule has 1 aliphatic rings. The first-order valence-corrected chi connectivity index (χ1v) is 10.8. The van der Waals surface area contributed by atoms with Gasteiger partial charge < -0.3 is 14.3 Å². The first kappa shape index (κ1) is 21.0. The minimum absolute atomic E-state index is 0.117. The number of aryl methyl sites for hydroxylation is 2. The fourth-order valence-corrected chi connectivity index (χ4v) is 4.03. The summed E-state index contributed by atoms with van der Waals surface area (Å²) in [6.45, 7) is 4.67. The molecule has 0 aliphatic carbocycles. The van der Waals surface area contributed by atoms with Gasteiger partial charge in [0.2, 0.25) is 11.9 Å². The molecule has 7 heteroatoms. The van der Waals surface area contributed by atoms with Crippen LogP contribution in [0.4, 0.5) is 5.95 Å². The van der Waals surface area contributed by atoms with E-state index in [0.29, 0.717) is 18.1 Å². The van der Waals surface area contributed by atoms with E-state index in [-0.39, 0.29) is 11.9 Å². The molecule has 162 valence electrons. The molecule has 31 heavy (non-hydrogen) atoms. The fraction of sp³-hybridized carbons (Fsp3) is 0.417. The van der Waals surface area contributed by atoms with E-state index in [1.807, 2.05) is 49.0 Å². The van der Waals surface area contributed by atoms with Gasteiger partial charge in [-0.25, -0.2) is 9.97 Å². The summed E-state index contributed by atoms with van der Waals surface area (Å²) in [4.78, 5) is 26.6. The van der Waals surface area contributed by atoms with Crippen LogP contribution in [-0.4, -0.2) is 46.6 Å². The van der Waals surface area contributed by atoms with Crippen molar-refractivity contribution in [1.29, 1.82) is 0 Å². The topological polar surface area (TPSA) is 75.4 Å². The lowest BCUT2D eigenvalue weighted by Gasteiger charge is -2.36. The van der Waals surface area contributed by atoms with E-state index >= 15 is 0 Å². The molecule has 4 rings (SSSR count). The van der Waals surface area contributed by atoms with E-state index in [9.17, 15) is 4.79 Å². The van der Waals surface area contributed by atoms with Gasteiger partial charge in [-0.05, 0) is 38.7 Å². The van der Waals surface area contributed by atoms with Crippen LogP contribution in [0.3, 0.4) is 0 Å². The van der Waals surface area contributed by atoms with Crippen molar-refractivity contribution in [2.24, 2.45) is 0 Å². The SMILES string of the molecule is Cc1ccc(CC(=O)N2CCCC[C@@H]2c2nc(N(C)C)ncc2-c2cc(C)no2)cc1. The van der Waals surface area contributed by atoms with Crippen molar-refractivity contribution in [3.05, 3.63) is 59.0 Å². The first-order valence-electron chi connectivity index (χ1n) is 10.8. The number of anilines is 1. The van der Waals surface area contributed by atoms with Crippen molar-refractivity contribution in [3.63, 3.8) is 0 Å². The van der Waals surface area contributed by atoms with E-state index in [2.05, 4.69) is 29.2 Å². The number of carbonyl (C=O) groups is 1. The molecule has 3 aromatic rings. The minimum atomic E-state index is -0.117. The maximum atomic E-state index is 13.3. The van der Waals surface area contributed by atoms with E-state index in [1.54, 1.807) is 6.20 Å². The van der Waals surface area contributed by atoms with Crippen LogP contribution in [0.5, 0.6) is 0 Å². The lowest BCUT2D eigenvalue weighted by atomic mass is 9.94. The van der Waals surface area contributed by atoms with Gasteiger partial charge in [-0.3, -0.25) is 4.79 Å². The quantitative estimate of drug-likeness (QED) is 0.619. The Balaban J connectivity index is 1.70. The number of amides is 1. The third-order valence-electron chi connectivity index (χ3n) is 5.71. The Hall–Kier alpha value is -3.22. The number of nitrogens with zero attached hydrogens (tertiary/aromatic N) is 5. The maximum absolute atomic E-state index is 13.3. The predicted molar refractivity (Wildman–Crippen MR) is 120 cm³/mol. The monoisotopic (exact) mass is 419 g/mol. The summed E-state index contributed by atoms with van der Waals surface area (Å²) in [6.07, 6.45) is 5.09. The number of hydrogen-bond donors (Lipinski definition) is 0. The Kier molecular flexibility index (Phi) is 6.02. The summed E-state index contributed by atoms with van der Waals surface area (Å²) >= 11 is 0. The number of rotatable bonds is 5. The highest BCUT2D eigenvalue weighted by molar-refractivity contribution is 5.79. The molecule has 1 amide bonds. The van der Waals surface area contributed by atoms with Gasteiger partial charge in [0.25, 0.3) is 0 Å². The molecule has 0 saturated carbocycles. The second kappa shape index (κ2) is 8.88. The Bertz CT molecular complexity index is 1060. The molecular formula is C24H29N5O2. The second-order valence-corrected chi connectivity index (χ2v) is 8.46. The molecule has 0 radical (unpaired) electrons. The van der Waals surface area contributed by atoms with Crippen LogP contribution >= 0.6 is 0 Å². The molecule has 1 fully saturated rings. The highest BCUT2D eigenvalue weighted by atomic mass is 16.5. The zero-order valence-electron chi connectivity index (χ0n) is 18.6. The summed E-state index contributed by atoms with van der Waals surface area (Å²) in [7, 11) is 3.83. The summed E-state index contributed by atoms with van der Waals surface area (Å²) in [6, 6.07) is 9.93. The molecule has 3 heterocycles. The minimum Gasteiger partial charge on any atom is -0.356 e. The maximum Gasteiger partial charge on any atom is 0.227 e. The number of likely N-dealkylation sites (tertiary alicyclic amines) is 1. The molecule has 0 spiro atoms. The zero-order chi connectivity index (χ0) is 22.0. The van der Waals surface area contributed by atoms with Gasteiger partial charge in [-0.15, -0.1) is 0 Å². The molecular weight excluding hydrogens is 390 g/mol. The van der Waals surface area contributed by atoms with Crippen LogP contribution < -0.4 is 4.90 Å². The number of piperidine rings is 1. The highest BCUT2D eigenvalue weighted by Gasteiger charge is 2.32. The van der Waals surface area contributed by atoms with Crippen LogP contribution in [0.2, 0.25) is 0 Å². The van der Waals surface area contributed by atoms with Crippen molar-refractivity contribution in [3.8, 4) is 11.3 Å². The lowest BCUT2D eigenvalue weighted by molar-refractivity contribution is -0.134. The molecule has 0 unspecified atom stereocenters. The van der Waals surface area contributed by atoms with E-state index in [4.69, 9.17) is 9.51 Å². The van der Waals surface area contributed by atoms with Gasteiger partial charge in [0, 0.05) is 32.9 Å². The summed E-state index contributed by atoms with van der Waals surface area (Å²) < 4.78 is 5.54. The van der Waals surface area contributed by atoms with Crippen molar-refractivity contribution >= 4 is 11.9 Å².